The van der Waals surface area contributed by atoms with E-state index in [1.807, 2.05) is 24.3 Å². The molecule has 7 heteroatoms. The molecule has 0 aromatic heterocycles. The zero-order valence-corrected chi connectivity index (χ0v) is 14.6. The van der Waals surface area contributed by atoms with Crippen LogP contribution < -0.4 is 10.2 Å². The molecule has 3 rings (SSSR count). The predicted octanol–water partition coefficient (Wildman–Crippen LogP) is 1.34. The molecule has 0 radical (unpaired) electrons. The molecule has 2 heterocycles. The maximum Gasteiger partial charge on any atom is 0.265 e. The second kappa shape index (κ2) is 7.58. The number of thiocarbonyl (C=S) groups is 1. The number of rotatable bonds is 4. The van der Waals surface area contributed by atoms with E-state index in [0.717, 1.165) is 37.6 Å². The van der Waals surface area contributed by atoms with E-state index in [1.54, 1.807) is 12.2 Å². The molecule has 1 N–H and O–H groups in total. The van der Waals surface area contributed by atoms with Crippen LogP contribution in [0.4, 0.5) is 5.69 Å². The number of morpholine rings is 1. The van der Waals surface area contributed by atoms with Crippen LogP contribution in [0.5, 0.6) is 0 Å². The van der Waals surface area contributed by atoms with Gasteiger partial charge in [0.05, 0.1) is 13.2 Å². The van der Waals surface area contributed by atoms with Crippen LogP contribution in [-0.4, -0.2) is 54.7 Å². The van der Waals surface area contributed by atoms with Crippen LogP contribution in [0.3, 0.4) is 0 Å². The first-order chi connectivity index (χ1) is 12.1. The average molecular weight is 357 g/mol. The van der Waals surface area contributed by atoms with Gasteiger partial charge in [0, 0.05) is 25.3 Å². The topological polar surface area (TPSA) is 61.9 Å². The van der Waals surface area contributed by atoms with Crippen LogP contribution in [0, 0.1) is 0 Å². The average Bonchev–Trinajstić information content (AvgIpc) is 2.63. The summed E-state index contributed by atoms with van der Waals surface area (Å²) in [4.78, 5) is 28.2. The minimum Gasteiger partial charge on any atom is -0.378 e. The largest absolute Gasteiger partial charge is 0.378 e. The molecule has 0 unspecified atom stereocenters. The van der Waals surface area contributed by atoms with E-state index in [9.17, 15) is 9.59 Å². The Hall–Kier alpha value is -2.51. The van der Waals surface area contributed by atoms with E-state index in [4.69, 9.17) is 17.0 Å². The molecule has 1 aromatic carbocycles. The Balaban J connectivity index is 1.81. The van der Waals surface area contributed by atoms with Crippen molar-refractivity contribution in [3.63, 3.8) is 0 Å². The highest BCUT2D eigenvalue weighted by Gasteiger charge is 2.32. The molecule has 2 aliphatic rings. The molecule has 0 spiro atoms. The minimum absolute atomic E-state index is 0.0644. The van der Waals surface area contributed by atoms with Gasteiger partial charge in [0.2, 0.25) is 0 Å². The number of amides is 2. The minimum atomic E-state index is -0.479. The van der Waals surface area contributed by atoms with Crippen LogP contribution in [0.1, 0.15) is 5.56 Å². The van der Waals surface area contributed by atoms with E-state index in [0.29, 0.717) is 0 Å². The number of benzene rings is 1. The third-order valence-corrected chi connectivity index (χ3v) is 4.40. The number of carbonyl (C=O) groups excluding carboxylic acids is 2. The van der Waals surface area contributed by atoms with E-state index in [2.05, 4.69) is 16.8 Å². The fourth-order valence-electron chi connectivity index (χ4n) is 2.76. The summed E-state index contributed by atoms with van der Waals surface area (Å²) in [5.41, 5.74) is 1.94. The van der Waals surface area contributed by atoms with Gasteiger partial charge in [-0.15, -0.1) is 6.58 Å². The molecule has 130 valence electrons. The molecule has 25 heavy (non-hydrogen) atoms. The van der Waals surface area contributed by atoms with Gasteiger partial charge < -0.3 is 9.64 Å². The lowest BCUT2D eigenvalue weighted by atomic mass is 10.1. The van der Waals surface area contributed by atoms with Crippen LogP contribution in [0.15, 0.2) is 42.5 Å². The van der Waals surface area contributed by atoms with Crippen molar-refractivity contribution in [3.05, 3.63) is 48.1 Å². The molecule has 2 aliphatic heterocycles. The van der Waals surface area contributed by atoms with Gasteiger partial charge in [-0.3, -0.25) is 19.8 Å². The van der Waals surface area contributed by atoms with Crippen molar-refractivity contribution < 1.29 is 14.3 Å². The smallest absolute Gasteiger partial charge is 0.265 e. The lowest BCUT2D eigenvalue weighted by molar-refractivity contribution is -0.128. The van der Waals surface area contributed by atoms with Crippen LogP contribution in [0.2, 0.25) is 0 Å². The lowest BCUT2D eigenvalue weighted by Crippen LogP contribution is -2.53. The number of anilines is 1. The first-order valence-corrected chi connectivity index (χ1v) is 8.43. The zero-order valence-electron chi connectivity index (χ0n) is 13.7. The van der Waals surface area contributed by atoms with Crippen molar-refractivity contribution in [2.24, 2.45) is 0 Å². The maximum absolute atomic E-state index is 12.5. The van der Waals surface area contributed by atoms with Crippen molar-refractivity contribution >= 4 is 40.9 Å². The van der Waals surface area contributed by atoms with Crippen LogP contribution >= 0.6 is 12.2 Å². The highest BCUT2D eigenvalue weighted by atomic mass is 32.1. The van der Waals surface area contributed by atoms with E-state index in [1.165, 1.54) is 4.90 Å². The Kier molecular flexibility index (Phi) is 5.25. The molecule has 1 aromatic rings. The molecule has 0 saturated carbocycles. The molecular formula is C18H19N3O3S. The first-order valence-electron chi connectivity index (χ1n) is 8.02. The van der Waals surface area contributed by atoms with Crippen LogP contribution in [-0.2, 0) is 14.3 Å². The Morgan fingerprint density at radius 1 is 1.20 bits per heavy atom. The monoisotopic (exact) mass is 357 g/mol. The summed E-state index contributed by atoms with van der Waals surface area (Å²) in [6, 6.07) is 7.75. The van der Waals surface area contributed by atoms with Gasteiger partial charge in [-0.05, 0) is 36.0 Å². The van der Waals surface area contributed by atoms with Gasteiger partial charge in [0.25, 0.3) is 11.8 Å². The zero-order chi connectivity index (χ0) is 17.8. The highest BCUT2D eigenvalue weighted by molar-refractivity contribution is 7.80. The molecule has 2 fully saturated rings. The summed E-state index contributed by atoms with van der Waals surface area (Å²) in [5.74, 6) is -0.890. The molecule has 0 bridgehead atoms. The molecule has 0 aliphatic carbocycles. The number of nitrogens with zero attached hydrogens (tertiary/aromatic N) is 2. The van der Waals surface area contributed by atoms with Gasteiger partial charge in [0.1, 0.15) is 5.57 Å². The Morgan fingerprint density at radius 2 is 1.88 bits per heavy atom. The number of ether oxygens (including phenoxy) is 1. The van der Waals surface area contributed by atoms with Gasteiger partial charge in [0.15, 0.2) is 5.11 Å². The highest BCUT2D eigenvalue weighted by Crippen LogP contribution is 2.19. The second-order valence-electron chi connectivity index (χ2n) is 5.71. The summed E-state index contributed by atoms with van der Waals surface area (Å²) in [6.07, 6.45) is 3.15. The maximum atomic E-state index is 12.5. The number of carbonyl (C=O) groups is 2. The third kappa shape index (κ3) is 3.78. The van der Waals surface area contributed by atoms with Crippen molar-refractivity contribution in [2.75, 3.05) is 37.7 Å². The van der Waals surface area contributed by atoms with Gasteiger partial charge in [-0.2, -0.15) is 0 Å². The SMILES string of the molecule is C=CCN1C(=O)C(=Cc2ccc(N3CCOCC3)cc2)C(=O)NC1=S. The first kappa shape index (κ1) is 17.3. The van der Waals surface area contributed by atoms with Gasteiger partial charge in [-0.25, -0.2) is 0 Å². The summed E-state index contributed by atoms with van der Waals surface area (Å²) in [6.45, 7) is 7.02. The standard InChI is InChI=1S/C18H19N3O3S/c1-2-7-21-17(23)15(16(22)19-18(21)25)12-13-3-5-14(6-4-13)20-8-10-24-11-9-20/h2-6,12H,1,7-11H2,(H,19,22,25). The fourth-order valence-corrected chi connectivity index (χ4v) is 3.01. The Labute approximate surface area is 151 Å². The molecule has 2 saturated heterocycles. The molecule has 0 atom stereocenters. The van der Waals surface area contributed by atoms with E-state index in [-0.39, 0.29) is 17.2 Å². The summed E-state index contributed by atoms with van der Waals surface area (Å²) >= 11 is 5.04. The van der Waals surface area contributed by atoms with Gasteiger partial charge in [-0.1, -0.05) is 18.2 Å². The third-order valence-electron chi connectivity index (χ3n) is 4.08. The van der Waals surface area contributed by atoms with Crippen molar-refractivity contribution in [2.45, 2.75) is 0 Å². The summed E-state index contributed by atoms with van der Waals surface area (Å²) in [5, 5.41) is 2.64. The summed E-state index contributed by atoms with van der Waals surface area (Å²) < 4.78 is 5.35. The van der Waals surface area contributed by atoms with Crippen LogP contribution in [0.25, 0.3) is 6.08 Å². The number of hydrogen-bond acceptors (Lipinski definition) is 5. The van der Waals surface area contributed by atoms with Crippen molar-refractivity contribution in [3.8, 4) is 0 Å². The van der Waals surface area contributed by atoms with E-state index >= 15 is 0 Å². The number of nitrogens with one attached hydrogen (secondary N) is 1. The normalized spacial score (nSPS) is 20.0. The van der Waals surface area contributed by atoms with Gasteiger partial charge >= 0.3 is 0 Å². The fraction of sp³-hybridized carbons (Fsp3) is 0.278. The van der Waals surface area contributed by atoms with Crippen molar-refractivity contribution in [1.29, 1.82) is 0 Å². The molecular weight excluding hydrogens is 338 g/mol. The van der Waals surface area contributed by atoms with E-state index < -0.39 is 11.8 Å². The second-order valence-corrected chi connectivity index (χ2v) is 6.10. The Bertz CT molecular complexity index is 736. The molecule has 6 nitrogen and oxygen atoms in total. The lowest BCUT2D eigenvalue weighted by Gasteiger charge is -2.29. The summed E-state index contributed by atoms with van der Waals surface area (Å²) in [7, 11) is 0. The Morgan fingerprint density at radius 3 is 2.52 bits per heavy atom. The number of hydrogen-bond donors (Lipinski definition) is 1. The predicted molar refractivity (Wildman–Crippen MR) is 100 cm³/mol. The quantitative estimate of drug-likeness (QED) is 0.381. The van der Waals surface area contributed by atoms with Crippen molar-refractivity contribution in [1.82, 2.24) is 10.2 Å². The molecule has 2 amide bonds.